The molecule has 1 aliphatic heterocycles. The van der Waals surface area contributed by atoms with Crippen molar-refractivity contribution in [1.29, 1.82) is 0 Å². The molecule has 4 rings (SSSR count). The Morgan fingerprint density at radius 3 is 2.41 bits per heavy atom. The lowest BCUT2D eigenvalue weighted by Crippen LogP contribution is -2.50. The van der Waals surface area contributed by atoms with Gasteiger partial charge in [-0.25, -0.2) is 9.97 Å². The number of hydrogen-bond acceptors (Lipinski definition) is 5. The topological polar surface area (TPSA) is 97.2 Å². The van der Waals surface area contributed by atoms with E-state index in [0.29, 0.717) is 25.1 Å². The summed E-state index contributed by atoms with van der Waals surface area (Å²) in [7, 11) is 0. The van der Waals surface area contributed by atoms with Gasteiger partial charge in [-0.3, -0.25) is 23.9 Å². The summed E-state index contributed by atoms with van der Waals surface area (Å²) in [5.41, 5.74) is 0.872. The van der Waals surface area contributed by atoms with Crippen LogP contribution in [0.2, 0.25) is 0 Å². The number of nitrogens with zero attached hydrogens (tertiary/aromatic N) is 4. The number of fused-ring (bicyclic) bond motifs is 1. The molecule has 3 heterocycles. The fourth-order valence-electron chi connectivity index (χ4n) is 4.54. The van der Waals surface area contributed by atoms with Crippen molar-refractivity contribution in [3.05, 3.63) is 54.3 Å². The summed E-state index contributed by atoms with van der Waals surface area (Å²) in [5, 5.41) is 2.94. The van der Waals surface area contributed by atoms with Gasteiger partial charge >= 0.3 is 0 Å². The molecule has 0 saturated carbocycles. The molecule has 3 amide bonds. The number of carbonyl (C=O) groups excluding carboxylic acids is 3. The third kappa shape index (κ3) is 4.22. The molecule has 2 aromatic rings. The van der Waals surface area contributed by atoms with E-state index >= 15 is 0 Å². The van der Waals surface area contributed by atoms with Crippen molar-refractivity contribution in [2.75, 3.05) is 0 Å². The normalized spacial score (nSPS) is 21.2. The molecule has 1 aliphatic carbocycles. The Kier molecular flexibility index (Phi) is 6.21. The molecule has 3 atom stereocenters. The minimum absolute atomic E-state index is 0.156. The zero-order valence-corrected chi connectivity index (χ0v) is 18.7. The number of imide groups is 1. The maximum atomic E-state index is 13.2. The first kappa shape index (κ1) is 21.9. The molecular formula is C24H29N5O3. The highest BCUT2D eigenvalue weighted by Crippen LogP contribution is 2.37. The van der Waals surface area contributed by atoms with Gasteiger partial charge in [0.2, 0.25) is 17.7 Å². The second kappa shape index (κ2) is 9.06. The first-order valence-corrected chi connectivity index (χ1v) is 11.1. The highest BCUT2D eigenvalue weighted by Gasteiger charge is 2.51. The van der Waals surface area contributed by atoms with E-state index in [2.05, 4.69) is 15.3 Å². The average molecular weight is 436 g/mol. The summed E-state index contributed by atoms with van der Waals surface area (Å²) < 4.78 is 1.87. The average Bonchev–Trinajstić information content (AvgIpc) is 3.32. The third-order valence-corrected chi connectivity index (χ3v) is 6.20. The van der Waals surface area contributed by atoms with Gasteiger partial charge in [0.15, 0.2) is 0 Å². The number of pyridine rings is 1. The molecule has 32 heavy (non-hydrogen) atoms. The Morgan fingerprint density at radius 2 is 1.81 bits per heavy atom. The van der Waals surface area contributed by atoms with Crippen molar-refractivity contribution in [3.63, 3.8) is 0 Å². The molecule has 168 valence electrons. The van der Waals surface area contributed by atoms with Crippen LogP contribution in [0.15, 0.2) is 42.9 Å². The largest absolute Gasteiger partial charge is 0.350 e. The number of nitrogens with one attached hydrogen (secondary N) is 1. The van der Waals surface area contributed by atoms with Gasteiger partial charge in [0.05, 0.1) is 11.8 Å². The lowest BCUT2D eigenvalue weighted by atomic mass is 9.85. The van der Waals surface area contributed by atoms with E-state index in [1.54, 1.807) is 12.4 Å². The van der Waals surface area contributed by atoms with Gasteiger partial charge in [0.25, 0.3) is 0 Å². The van der Waals surface area contributed by atoms with E-state index < -0.39 is 6.04 Å². The number of allylic oxidation sites excluding steroid dienone is 2. The van der Waals surface area contributed by atoms with Crippen LogP contribution in [-0.4, -0.2) is 43.2 Å². The molecular weight excluding hydrogens is 406 g/mol. The maximum Gasteiger partial charge on any atom is 0.243 e. The summed E-state index contributed by atoms with van der Waals surface area (Å²) in [4.78, 5) is 49.1. The van der Waals surface area contributed by atoms with Crippen molar-refractivity contribution < 1.29 is 14.4 Å². The second-order valence-corrected chi connectivity index (χ2v) is 8.93. The number of imidazole rings is 1. The SMILES string of the molecule is Cc1nccn1-c1cc(CNC(=O)C(CC(C)C)N2C(=O)C3CC=CCC3C2=O)ccn1. The van der Waals surface area contributed by atoms with Crippen LogP contribution in [0.1, 0.15) is 44.5 Å². The number of rotatable bonds is 7. The van der Waals surface area contributed by atoms with Gasteiger partial charge in [-0.2, -0.15) is 0 Å². The Balaban J connectivity index is 1.49. The molecule has 0 spiro atoms. The van der Waals surface area contributed by atoms with Crippen LogP contribution in [0.25, 0.3) is 5.82 Å². The number of amides is 3. The van der Waals surface area contributed by atoms with Gasteiger partial charge < -0.3 is 5.32 Å². The predicted octanol–water partition coefficient (Wildman–Crippen LogP) is 2.56. The molecule has 2 aromatic heterocycles. The first-order valence-electron chi connectivity index (χ1n) is 11.1. The minimum Gasteiger partial charge on any atom is -0.350 e. The number of carbonyl (C=O) groups is 3. The second-order valence-electron chi connectivity index (χ2n) is 8.93. The Labute approximate surface area is 187 Å². The first-order chi connectivity index (χ1) is 15.4. The predicted molar refractivity (Wildman–Crippen MR) is 118 cm³/mol. The van der Waals surface area contributed by atoms with Crippen molar-refractivity contribution in [2.24, 2.45) is 17.8 Å². The summed E-state index contributed by atoms with van der Waals surface area (Å²) in [6.07, 6.45) is 10.7. The summed E-state index contributed by atoms with van der Waals surface area (Å²) in [6, 6.07) is 2.93. The number of hydrogen-bond donors (Lipinski definition) is 1. The van der Waals surface area contributed by atoms with Crippen molar-refractivity contribution >= 4 is 17.7 Å². The zero-order valence-electron chi connectivity index (χ0n) is 18.7. The number of aryl methyl sites for hydroxylation is 1. The number of aromatic nitrogens is 3. The Bertz CT molecular complexity index is 1030. The quantitative estimate of drug-likeness (QED) is 0.533. The van der Waals surface area contributed by atoms with Crippen LogP contribution in [0.5, 0.6) is 0 Å². The molecule has 1 fully saturated rings. The molecule has 0 bridgehead atoms. The standard InChI is InChI=1S/C24H29N5O3/c1-15(2)12-20(29-23(31)18-6-4-5-7-19(18)24(29)32)22(30)27-14-17-8-9-26-21(13-17)28-11-10-25-16(28)3/h4-5,8-11,13,15,18-20H,6-7,12,14H2,1-3H3,(H,27,30). The summed E-state index contributed by atoms with van der Waals surface area (Å²) in [5.74, 6) is 0.281. The highest BCUT2D eigenvalue weighted by atomic mass is 16.2. The fraction of sp³-hybridized carbons (Fsp3) is 0.458. The Hall–Kier alpha value is -3.29. The lowest BCUT2D eigenvalue weighted by molar-refractivity contribution is -0.148. The zero-order chi connectivity index (χ0) is 22.8. The van der Waals surface area contributed by atoms with Gasteiger partial charge in [-0.05, 0) is 49.8 Å². The van der Waals surface area contributed by atoms with Crippen LogP contribution in [-0.2, 0) is 20.9 Å². The fourth-order valence-corrected chi connectivity index (χ4v) is 4.54. The highest BCUT2D eigenvalue weighted by molar-refractivity contribution is 6.08. The van der Waals surface area contributed by atoms with Crippen LogP contribution in [0.4, 0.5) is 0 Å². The third-order valence-electron chi connectivity index (χ3n) is 6.20. The molecule has 1 N–H and O–H groups in total. The number of likely N-dealkylation sites (tertiary alicyclic amines) is 1. The van der Waals surface area contributed by atoms with Crippen LogP contribution < -0.4 is 5.32 Å². The van der Waals surface area contributed by atoms with Gasteiger partial charge in [0, 0.05) is 25.1 Å². The molecule has 8 heteroatoms. The van der Waals surface area contributed by atoms with E-state index in [-0.39, 0.29) is 42.0 Å². The molecule has 0 aromatic carbocycles. The monoisotopic (exact) mass is 435 g/mol. The van der Waals surface area contributed by atoms with Gasteiger partial charge in [-0.15, -0.1) is 0 Å². The van der Waals surface area contributed by atoms with Gasteiger partial charge in [0.1, 0.15) is 17.7 Å². The molecule has 3 unspecified atom stereocenters. The van der Waals surface area contributed by atoms with Crippen molar-refractivity contribution in [3.8, 4) is 5.82 Å². The molecule has 2 aliphatic rings. The van der Waals surface area contributed by atoms with Crippen LogP contribution in [0.3, 0.4) is 0 Å². The van der Waals surface area contributed by atoms with Gasteiger partial charge in [-0.1, -0.05) is 26.0 Å². The van der Waals surface area contributed by atoms with E-state index in [1.165, 1.54) is 4.90 Å². The van der Waals surface area contributed by atoms with Crippen LogP contribution in [0, 0.1) is 24.7 Å². The maximum absolute atomic E-state index is 13.2. The van der Waals surface area contributed by atoms with E-state index in [1.807, 2.05) is 55.8 Å². The Morgan fingerprint density at radius 1 is 1.12 bits per heavy atom. The van der Waals surface area contributed by atoms with Crippen LogP contribution >= 0.6 is 0 Å². The molecule has 0 radical (unpaired) electrons. The minimum atomic E-state index is -0.794. The van der Waals surface area contributed by atoms with Crippen molar-refractivity contribution in [1.82, 2.24) is 24.8 Å². The van der Waals surface area contributed by atoms with Crippen molar-refractivity contribution in [2.45, 2.75) is 52.6 Å². The molecule has 1 saturated heterocycles. The smallest absolute Gasteiger partial charge is 0.243 e. The van der Waals surface area contributed by atoms with E-state index in [4.69, 9.17) is 0 Å². The summed E-state index contributed by atoms with van der Waals surface area (Å²) >= 11 is 0. The van der Waals surface area contributed by atoms with E-state index in [0.717, 1.165) is 11.4 Å². The summed E-state index contributed by atoms with van der Waals surface area (Å²) in [6.45, 7) is 6.15. The molecule has 8 nitrogen and oxygen atoms in total. The lowest BCUT2D eigenvalue weighted by Gasteiger charge is -2.27. The van der Waals surface area contributed by atoms with E-state index in [9.17, 15) is 14.4 Å².